The Morgan fingerprint density at radius 3 is 2.46 bits per heavy atom. The van der Waals surface area contributed by atoms with Gasteiger partial charge >= 0.3 is 0 Å². The Morgan fingerprint density at radius 1 is 1.04 bits per heavy atom. The third-order valence-electron chi connectivity index (χ3n) is 4.30. The molecule has 26 heavy (non-hydrogen) atoms. The molecule has 0 aliphatic carbocycles. The van der Waals surface area contributed by atoms with E-state index < -0.39 is 5.91 Å². The monoisotopic (exact) mass is 366 g/mol. The molecule has 0 saturated carbocycles. The molecule has 3 aromatic rings. The minimum absolute atomic E-state index is 0.111. The van der Waals surface area contributed by atoms with Gasteiger partial charge in [0.2, 0.25) is 0 Å². The smallest absolute Gasteiger partial charge is 0.263 e. The number of carbonyl (C=O) groups excluding carboxylic acids is 1. The van der Waals surface area contributed by atoms with Gasteiger partial charge in [-0.05, 0) is 66.9 Å². The number of amides is 1. The molecule has 3 rings (SSSR count). The zero-order chi connectivity index (χ0) is 18.7. The molecule has 5 heteroatoms. The standard InChI is InChI=1S/C21H19ClN2O2/c1-14-5-10-18(12-15(14)2)23-20(25)19-4-3-11-24(21(19)26)13-16-6-8-17(22)9-7-16/h3-12H,13H2,1-2H3,(H,23,25). The molecule has 1 N–H and O–H groups in total. The lowest BCUT2D eigenvalue weighted by Crippen LogP contribution is -2.29. The van der Waals surface area contributed by atoms with E-state index in [1.807, 2.05) is 44.2 Å². The molecule has 132 valence electrons. The summed E-state index contributed by atoms with van der Waals surface area (Å²) in [6.07, 6.45) is 1.67. The second-order valence-corrected chi connectivity index (χ2v) is 6.67. The van der Waals surface area contributed by atoms with Crippen LogP contribution >= 0.6 is 11.6 Å². The molecule has 0 spiro atoms. The fourth-order valence-corrected chi connectivity index (χ4v) is 2.76. The number of anilines is 1. The maximum atomic E-state index is 12.7. The molecule has 0 bridgehead atoms. The summed E-state index contributed by atoms with van der Waals surface area (Å²) in [5.41, 5.74) is 3.61. The highest BCUT2D eigenvalue weighted by molar-refractivity contribution is 6.30. The molecule has 0 radical (unpaired) electrons. The van der Waals surface area contributed by atoms with Gasteiger partial charge in [-0.1, -0.05) is 29.8 Å². The molecule has 0 atom stereocenters. The second-order valence-electron chi connectivity index (χ2n) is 6.23. The third-order valence-corrected chi connectivity index (χ3v) is 4.55. The van der Waals surface area contributed by atoms with Crippen LogP contribution in [0.4, 0.5) is 5.69 Å². The number of nitrogens with zero attached hydrogens (tertiary/aromatic N) is 1. The quantitative estimate of drug-likeness (QED) is 0.743. The van der Waals surface area contributed by atoms with Crippen molar-refractivity contribution in [1.82, 2.24) is 4.57 Å². The van der Waals surface area contributed by atoms with Crippen LogP contribution < -0.4 is 10.9 Å². The van der Waals surface area contributed by atoms with Crippen LogP contribution in [0.1, 0.15) is 27.0 Å². The highest BCUT2D eigenvalue weighted by Crippen LogP contribution is 2.15. The van der Waals surface area contributed by atoms with Crippen molar-refractivity contribution in [3.8, 4) is 0 Å². The van der Waals surface area contributed by atoms with E-state index in [4.69, 9.17) is 11.6 Å². The van der Waals surface area contributed by atoms with Crippen molar-refractivity contribution in [2.75, 3.05) is 5.32 Å². The van der Waals surface area contributed by atoms with Crippen LogP contribution in [-0.4, -0.2) is 10.5 Å². The third kappa shape index (κ3) is 4.03. The molecule has 0 saturated heterocycles. The van der Waals surface area contributed by atoms with Crippen LogP contribution in [0.2, 0.25) is 5.02 Å². The molecule has 0 aliphatic heterocycles. The Morgan fingerprint density at radius 2 is 1.77 bits per heavy atom. The average molecular weight is 367 g/mol. The predicted octanol–water partition coefficient (Wildman–Crippen LogP) is 4.42. The summed E-state index contributed by atoms with van der Waals surface area (Å²) >= 11 is 5.89. The first-order chi connectivity index (χ1) is 12.4. The van der Waals surface area contributed by atoms with Gasteiger partial charge in [0.1, 0.15) is 5.56 Å². The number of hydrogen-bond donors (Lipinski definition) is 1. The maximum absolute atomic E-state index is 12.7. The maximum Gasteiger partial charge on any atom is 0.263 e. The Balaban J connectivity index is 1.83. The molecular formula is C21H19ClN2O2. The Labute approximate surface area is 157 Å². The van der Waals surface area contributed by atoms with Gasteiger partial charge in [-0.15, -0.1) is 0 Å². The Hall–Kier alpha value is -2.85. The summed E-state index contributed by atoms with van der Waals surface area (Å²) in [7, 11) is 0. The van der Waals surface area contributed by atoms with Crippen LogP contribution in [0.25, 0.3) is 0 Å². The van der Waals surface area contributed by atoms with Gasteiger partial charge in [0, 0.05) is 16.9 Å². The van der Waals surface area contributed by atoms with Crippen LogP contribution in [0.3, 0.4) is 0 Å². The molecule has 2 aromatic carbocycles. The number of hydrogen-bond acceptors (Lipinski definition) is 2. The van der Waals surface area contributed by atoms with Crippen molar-refractivity contribution in [1.29, 1.82) is 0 Å². The highest BCUT2D eigenvalue weighted by Gasteiger charge is 2.13. The molecule has 0 aliphatic rings. The molecule has 1 aromatic heterocycles. The van der Waals surface area contributed by atoms with Crippen molar-refractivity contribution in [2.45, 2.75) is 20.4 Å². The summed E-state index contributed by atoms with van der Waals surface area (Å²) in [5.74, 6) is -0.413. The van der Waals surface area contributed by atoms with Gasteiger partial charge in [-0.25, -0.2) is 0 Å². The number of aromatic nitrogens is 1. The van der Waals surface area contributed by atoms with Crippen LogP contribution in [-0.2, 0) is 6.54 Å². The number of rotatable bonds is 4. The summed E-state index contributed by atoms with van der Waals surface area (Å²) in [5, 5.41) is 3.44. The normalized spacial score (nSPS) is 10.6. The zero-order valence-corrected chi connectivity index (χ0v) is 15.4. The first-order valence-corrected chi connectivity index (χ1v) is 8.64. The lowest BCUT2D eigenvalue weighted by Gasteiger charge is -2.10. The van der Waals surface area contributed by atoms with E-state index >= 15 is 0 Å². The van der Waals surface area contributed by atoms with E-state index in [2.05, 4.69) is 5.32 Å². The zero-order valence-electron chi connectivity index (χ0n) is 14.6. The topological polar surface area (TPSA) is 51.1 Å². The molecule has 1 heterocycles. The predicted molar refractivity (Wildman–Crippen MR) is 105 cm³/mol. The van der Waals surface area contributed by atoms with Crippen LogP contribution in [0, 0.1) is 13.8 Å². The van der Waals surface area contributed by atoms with Crippen LogP contribution in [0.5, 0.6) is 0 Å². The Kier molecular flexibility index (Phi) is 5.24. The van der Waals surface area contributed by atoms with Crippen molar-refractivity contribution in [2.24, 2.45) is 0 Å². The lowest BCUT2D eigenvalue weighted by atomic mass is 10.1. The second kappa shape index (κ2) is 7.58. The van der Waals surface area contributed by atoms with Gasteiger partial charge in [-0.3, -0.25) is 9.59 Å². The largest absolute Gasteiger partial charge is 0.322 e. The minimum Gasteiger partial charge on any atom is -0.322 e. The van der Waals surface area contributed by atoms with E-state index in [0.29, 0.717) is 17.3 Å². The number of pyridine rings is 1. The van der Waals surface area contributed by atoms with Gasteiger partial charge in [0.15, 0.2) is 0 Å². The van der Waals surface area contributed by atoms with Gasteiger partial charge in [-0.2, -0.15) is 0 Å². The van der Waals surface area contributed by atoms with Crippen molar-refractivity contribution < 1.29 is 4.79 Å². The number of benzene rings is 2. The Bertz CT molecular complexity index is 1010. The van der Waals surface area contributed by atoms with Crippen LogP contribution in [0.15, 0.2) is 65.6 Å². The van der Waals surface area contributed by atoms with E-state index in [0.717, 1.165) is 16.7 Å². The number of halogens is 1. The SMILES string of the molecule is Cc1ccc(NC(=O)c2cccn(Cc3ccc(Cl)cc3)c2=O)cc1C. The molecule has 4 nitrogen and oxygen atoms in total. The highest BCUT2D eigenvalue weighted by atomic mass is 35.5. The molecule has 0 fully saturated rings. The first kappa shape index (κ1) is 18.0. The fraction of sp³-hybridized carbons (Fsp3) is 0.143. The first-order valence-electron chi connectivity index (χ1n) is 8.26. The van der Waals surface area contributed by atoms with Crippen molar-refractivity contribution >= 4 is 23.2 Å². The van der Waals surface area contributed by atoms with E-state index in [-0.39, 0.29) is 11.1 Å². The van der Waals surface area contributed by atoms with Crippen molar-refractivity contribution in [3.05, 3.63) is 98.4 Å². The number of nitrogens with one attached hydrogen (secondary N) is 1. The number of carbonyl (C=O) groups is 1. The summed E-state index contributed by atoms with van der Waals surface area (Å²) < 4.78 is 1.51. The van der Waals surface area contributed by atoms with Gasteiger partial charge in [0.25, 0.3) is 11.5 Å². The van der Waals surface area contributed by atoms with Gasteiger partial charge < -0.3 is 9.88 Å². The summed E-state index contributed by atoms with van der Waals surface area (Å²) in [6.45, 7) is 4.36. The fourth-order valence-electron chi connectivity index (χ4n) is 2.64. The summed E-state index contributed by atoms with van der Waals surface area (Å²) in [4.78, 5) is 25.2. The molecule has 1 amide bonds. The molecule has 0 unspecified atom stereocenters. The van der Waals surface area contributed by atoms with Gasteiger partial charge in [0.05, 0.1) is 6.54 Å². The average Bonchev–Trinajstić information content (AvgIpc) is 2.62. The van der Waals surface area contributed by atoms with E-state index in [9.17, 15) is 9.59 Å². The van der Waals surface area contributed by atoms with E-state index in [1.165, 1.54) is 10.6 Å². The molecular weight excluding hydrogens is 348 g/mol. The van der Waals surface area contributed by atoms with E-state index in [1.54, 1.807) is 24.4 Å². The van der Waals surface area contributed by atoms with Crippen molar-refractivity contribution in [3.63, 3.8) is 0 Å². The lowest BCUT2D eigenvalue weighted by molar-refractivity contribution is 0.102. The number of aryl methyl sites for hydroxylation is 2. The summed E-state index contributed by atoms with van der Waals surface area (Å²) in [6, 6.07) is 16.2. The minimum atomic E-state index is -0.413.